The number of halogens is 2. The van der Waals surface area contributed by atoms with Gasteiger partial charge < -0.3 is 4.74 Å². The van der Waals surface area contributed by atoms with Crippen LogP contribution in [0.3, 0.4) is 0 Å². The van der Waals surface area contributed by atoms with E-state index in [2.05, 4.69) is 0 Å². The lowest BCUT2D eigenvalue weighted by Crippen LogP contribution is -2.48. The van der Waals surface area contributed by atoms with E-state index in [1.165, 1.54) is 6.07 Å². The number of aryl methyl sites for hydroxylation is 1. The first-order valence-electron chi connectivity index (χ1n) is 4.99. The first kappa shape index (κ1) is 12.0. The van der Waals surface area contributed by atoms with Gasteiger partial charge in [-0.2, -0.15) is 5.26 Å². The van der Waals surface area contributed by atoms with Gasteiger partial charge in [0.2, 0.25) is 0 Å². The number of hydrogen-bond acceptors (Lipinski definition) is 3. The minimum atomic E-state index is -1.20. The molecule has 0 aromatic heterocycles. The van der Waals surface area contributed by atoms with Crippen LogP contribution in [0, 0.1) is 29.5 Å². The third-order valence-electron chi connectivity index (χ3n) is 2.84. The summed E-state index contributed by atoms with van der Waals surface area (Å²) in [6.45, 7) is 1.63. The highest BCUT2D eigenvalue weighted by Crippen LogP contribution is 2.34. The molecule has 3 nitrogen and oxygen atoms in total. The molecular weight excluding hydrogens is 245 g/mol. The Morgan fingerprint density at radius 2 is 2.24 bits per heavy atom. The molecule has 0 bridgehead atoms. The van der Waals surface area contributed by atoms with E-state index in [1.54, 1.807) is 6.92 Å². The Labute approximate surface area is 103 Å². The van der Waals surface area contributed by atoms with Crippen molar-refractivity contribution < 1.29 is 13.9 Å². The number of ether oxygens (including phenoxy) is 1. The smallest absolute Gasteiger partial charge is 0.189 e. The number of carbonyl (C=O) groups is 1. The fourth-order valence-electron chi connectivity index (χ4n) is 1.63. The molecule has 0 saturated carbocycles. The van der Waals surface area contributed by atoms with Crippen molar-refractivity contribution in [1.29, 1.82) is 5.26 Å². The van der Waals surface area contributed by atoms with E-state index in [1.807, 2.05) is 6.07 Å². The maximum Gasteiger partial charge on any atom is 0.189 e. The van der Waals surface area contributed by atoms with Gasteiger partial charge in [0, 0.05) is 5.56 Å². The van der Waals surface area contributed by atoms with E-state index in [4.69, 9.17) is 21.6 Å². The standard InChI is InChI=1S/C12H9ClFNO2/c1-7-2-9(13)8(3-10(7)14)11(16)12(4-15)5-17-6-12/h2-3H,5-6H2,1H3. The van der Waals surface area contributed by atoms with Crippen LogP contribution >= 0.6 is 11.6 Å². The number of Topliss-reactive ketones (excluding diaryl/α,β-unsaturated/α-hetero) is 1. The molecule has 0 spiro atoms. The zero-order valence-corrected chi connectivity index (χ0v) is 9.84. The van der Waals surface area contributed by atoms with Crippen LogP contribution in [0.1, 0.15) is 15.9 Å². The SMILES string of the molecule is Cc1cc(Cl)c(C(=O)C2(C#N)COC2)cc1F. The molecule has 1 fully saturated rings. The number of hydrogen-bond donors (Lipinski definition) is 0. The van der Waals surface area contributed by atoms with Gasteiger partial charge in [-0.05, 0) is 24.6 Å². The molecule has 1 aromatic carbocycles. The van der Waals surface area contributed by atoms with Crippen molar-refractivity contribution in [2.24, 2.45) is 5.41 Å². The fraction of sp³-hybridized carbons (Fsp3) is 0.333. The lowest BCUT2D eigenvalue weighted by Gasteiger charge is -2.33. The largest absolute Gasteiger partial charge is 0.377 e. The minimum Gasteiger partial charge on any atom is -0.377 e. The summed E-state index contributed by atoms with van der Waals surface area (Å²) in [6.07, 6.45) is 0. The highest BCUT2D eigenvalue weighted by molar-refractivity contribution is 6.34. The monoisotopic (exact) mass is 253 g/mol. The molecule has 1 aromatic rings. The van der Waals surface area contributed by atoms with Crippen LogP contribution in [0.4, 0.5) is 4.39 Å². The molecule has 2 rings (SSSR count). The zero-order valence-electron chi connectivity index (χ0n) is 9.09. The molecule has 17 heavy (non-hydrogen) atoms. The Morgan fingerprint density at radius 3 is 2.71 bits per heavy atom. The van der Waals surface area contributed by atoms with Crippen molar-refractivity contribution in [3.63, 3.8) is 0 Å². The first-order chi connectivity index (χ1) is 8.00. The molecule has 0 radical (unpaired) electrons. The molecule has 88 valence electrons. The Bertz CT molecular complexity index is 532. The lowest BCUT2D eigenvalue weighted by atomic mass is 9.80. The fourth-order valence-corrected chi connectivity index (χ4v) is 1.93. The summed E-state index contributed by atoms with van der Waals surface area (Å²) in [4.78, 5) is 12.1. The van der Waals surface area contributed by atoms with Gasteiger partial charge in [-0.15, -0.1) is 0 Å². The van der Waals surface area contributed by atoms with Gasteiger partial charge in [0.05, 0.1) is 24.3 Å². The zero-order chi connectivity index (χ0) is 12.6. The summed E-state index contributed by atoms with van der Waals surface area (Å²) in [5, 5.41) is 9.16. The maximum absolute atomic E-state index is 13.4. The van der Waals surface area contributed by atoms with Crippen molar-refractivity contribution >= 4 is 17.4 Å². The Hall–Kier alpha value is -1.44. The first-order valence-corrected chi connectivity index (χ1v) is 5.37. The normalized spacial score (nSPS) is 17.1. The Morgan fingerprint density at radius 1 is 1.59 bits per heavy atom. The third kappa shape index (κ3) is 1.82. The van der Waals surface area contributed by atoms with Crippen LogP contribution in [-0.4, -0.2) is 19.0 Å². The number of nitriles is 1. The van der Waals surface area contributed by atoms with Crippen molar-refractivity contribution in [2.45, 2.75) is 6.92 Å². The number of carbonyl (C=O) groups excluding carboxylic acids is 1. The van der Waals surface area contributed by atoms with Gasteiger partial charge in [0.15, 0.2) is 11.2 Å². The molecule has 0 atom stereocenters. The van der Waals surface area contributed by atoms with Crippen LogP contribution in [0.5, 0.6) is 0 Å². The predicted octanol–water partition coefficient (Wildman–Crippen LogP) is 2.51. The molecule has 1 aliphatic rings. The van der Waals surface area contributed by atoms with E-state index in [-0.39, 0.29) is 23.8 Å². The highest BCUT2D eigenvalue weighted by Gasteiger charge is 2.47. The third-order valence-corrected chi connectivity index (χ3v) is 3.15. The van der Waals surface area contributed by atoms with E-state index in [0.717, 1.165) is 6.07 Å². The predicted molar refractivity (Wildman–Crippen MR) is 59.3 cm³/mol. The average molecular weight is 254 g/mol. The quantitative estimate of drug-likeness (QED) is 0.761. The van der Waals surface area contributed by atoms with Crippen molar-refractivity contribution in [2.75, 3.05) is 13.2 Å². The molecule has 0 N–H and O–H groups in total. The van der Waals surface area contributed by atoms with Crippen LogP contribution in [0.25, 0.3) is 0 Å². The Kier molecular flexibility index (Phi) is 2.90. The number of ketones is 1. The van der Waals surface area contributed by atoms with Crippen molar-refractivity contribution in [1.82, 2.24) is 0 Å². The molecule has 5 heteroatoms. The van der Waals surface area contributed by atoms with Crippen molar-refractivity contribution in [3.8, 4) is 6.07 Å². The highest BCUT2D eigenvalue weighted by atomic mass is 35.5. The molecule has 0 unspecified atom stereocenters. The molecule has 0 amide bonds. The lowest BCUT2D eigenvalue weighted by molar-refractivity contribution is -0.0566. The van der Waals surface area contributed by atoms with E-state index in [0.29, 0.717) is 5.56 Å². The van der Waals surface area contributed by atoms with E-state index in [9.17, 15) is 9.18 Å². The van der Waals surface area contributed by atoms with E-state index < -0.39 is 17.0 Å². The second kappa shape index (κ2) is 4.10. The van der Waals surface area contributed by atoms with Crippen LogP contribution in [0.2, 0.25) is 5.02 Å². The van der Waals surface area contributed by atoms with Gasteiger partial charge in [-0.1, -0.05) is 11.6 Å². The summed E-state index contributed by atoms with van der Waals surface area (Å²) < 4.78 is 18.3. The summed E-state index contributed by atoms with van der Waals surface area (Å²) in [5.41, 5.74) is -0.798. The van der Waals surface area contributed by atoms with Gasteiger partial charge in [-0.3, -0.25) is 4.79 Å². The molecule has 0 aliphatic carbocycles. The van der Waals surface area contributed by atoms with Crippen LogP contribution in [0.15, 0.2) is 12.1 Å². The topological polar surface area (TPSA) is 50.1 Å². The molecule has 1 heterocycles. The summed E-state index contributed by atoms with van der Waals surface area (Å²) in [6, 6.07) is 4.38. The van der Waals surface area contributed by atoms with Gasteiger partial charge in [0.25, 0.3) is 0 Å². The summed E-state index contributed by atoms with van der Waals surface area (Å²) in [7, 11) is 0. The van der Waals surface area contributed by atoms with Crippen LogP contribution in [-0.2, 0) is 4.74 Å². The van der Waals surface area contributed by atoms with Gasteiger partial charge in [0.1, 0.15) is 5.82 Å². The van der Waals surface area contributed by atoms with Gasteiger partial charge in [-0.25, -0.2) is 4.39 Å². The Balaban J connectivity index is 2.45. The van der Waals surface area contributed by atoms with Gasteiger partial charge >= 0.3 is 0 Å². The van der Waals surface area contributed by atoms with E-state index >= 15 is 0 Å². The second-order valence-corrected chi connectivity index (χ2v) is 4.50. The maximum atomic E-state index is 13.4. The van der Waals surface area contributed by atoms with Crippen LogP contribution < -0.4 is 0 Å². The number of rotatable bonds is 2. The molecule has 1 saturated heterocycles. The summed E-state index contributed by atoms with van der Waals surface area (Å²) >= 11 is 5.90. The molecule has 1 aliphatic heterocycles. The minimum absolute atomic E-state index is 0.0359. The summed E-state index contributed by atoms with van der Waals surface area (Å²) in [5.74, 6) is -0.985. The number of benzene rings is 1. The molecular formula is C12H9ClFNO2. The van der Waals surface area contributed by atoms with Crippen molar-refractivity contribution in [3.05, 3.63) is 34.1 Å². The number of nitrogens with zero attached hydrogens (tertiary/aromatic N) is 1. The average Bonchev–Trinajstić information content (AvgIpc) is 2.22. The second-order valence-electron chi connectivity index (χ2n) is 4.10.